The van der Waals surface area contributed by atoms with Crippen LogP contribution in [0.15, 0.2) is 42.5 Å². The van der Waals surface area contributed by atoms with E-state index >= 15 is 0 Å². The average Bonchev–Trinajstić information content (AvgIpc) is 3.30. The van der Waals surface area contributed by atoms with E-state index < -0.39 is 0 Å². The van der Waals surface area contributed by atoms with Crippen LogP contribution in [-0.4, -0.2) is 42.3 Å². The molecule has 0 atom stereocenters. The van der Waals surface area contributed by atoms with Crippen LogP contribution in [0.25, 0.3) is 0 Å². The summed E-state index contributed by atoms with van der Waals surface area (Å²) in [7, 11) is 7.93. The highest BCUT2D eigenvalue weighted by molar-refractivity contribution is 5.83. The van der Waals surface area contributed by atoms with Gasteiger partial charge >= 0.3 is 0 Å². The maximum atomic E-state index is 5.58. The number of fused-ring (bicyclic) bond motifs is 1. The zero-order valence-electron chi connectivity index (χ0n) is 19.1. The molecule has 3 aromatic carbocycles. The first-order valence-electron chi connectivity index (χ1n) is 10.1. The summed E-state index contributed by atoms with van der Waals surface area (Å²) in [6.07, 6.45) is 0. The van der Waals surface area contributed by atoms with Gasteiger partial charge in [-0.1, -0.05) is 0 Å². The molecule has 9 nitrogen and oxygen atoms in total. The number of hydrogen-bond acceptors (Lipinski definition) is 9. The lowest BCUT2D eigenvalue weighted by molar-refractivity contribution is 0.174. The predicted molar refractivity (Wildman–Crippen MR) is 125 cm³/mol. The second kappa shape index (κ2) is 9.56. The molecule has 1 aliphatic heterocycles. The van der Waals surface area contributed by atoms with Crippen molar-refractivity contribution in [2.24, 2.45) is 0 Å². The Hall–Kier alpha value is -4.14. The van der Waals surface area contributed by atoms with Crippen molar-refractivity contribution < 1.29 is 33.2 Å². The van der Waals surface area contributed by atoms with Gasteiger partial charge in [-0.15, -0.1) is 0 Å². The summed E-state index contributed by atoms with van der Waals surface area (Å²) in [5, 5.41) is 6.81. The summed E-state index contributed by atoms with van der Waals surface area (Å²) in [6.45, 7) is 0.162. The van der Waals surface area contributed by atoms with Crippen molar-refractivity contribution in [2.45, 2.75) is 0 Å². The first-order valence-corrected chi connectivity index (χ1v) is 10.1. The molecule has 1 aliphatic rings. The van der Waals surface area contributed by atoms with Gasteiger partial charge < -0.3 is 43.8 Å². The van der Waals surface area contributed by atoms with E-state index in [9.17, 15) is 0 Å². The number of benzene rings is 3. The molecule has 0 radical (unpaired) electrons. The minimum Gasteiger partial charge on any atom is -0.497 e. The SMILES string of the molecule is COc1cc(Nc2cc3c(cc2Nc2cc(OC)c(OC)c(OC)c2)OCO3)cc(OC)c1. The zero-order valence-corrected chi connectivity index (χ0v) is 19.1. The number of anilines is 4. The average molecular weight is 454 g/mol. The van der Waals surface area contributed by atoms with Crippen LogP contribution >= 0.6 is 0 Å². The Morgan fingerprint density at radius 2 is 1.06 bits per heavy atom. The van der Waals surface area contributed by atoms with E-state index in [1.807, 2.05) is 36.4 Å². The zero-order chi connectivity index (χ0) is 23.4. The van der Waals surface area contributed by atoms with Gasteiger partial charge in [0.2, 0.25) is 12.5 Å². The molecule has 0 saturated heterocycles. The fourth-order valence-corrected chi connectivity index (χ4v) is 3.49. The molecule has 2 N–H and O–H groups in total. The molecule has 0 fully saturated rings. The molecule has 0 aliphatic carbocycles. The number of methoxy groups -OCH3 is 5. The first kappa shape index (κ1) is 22.1. The normalized spacial score (nSPS) is 11.5. The van der Waals surface area contributed by atoms with Crippen LogP contribution in [0.2, 0.25) is 0 Å². The largest absolute Gasteiger partial charge is 0.497 e. The molecule has 0 amide bonds. The van der Waals surface area contributed by atoms with E-state index in [1.165, 1.54) is 0 Å². The third-order valence-corrected chi connectivity index (χ3v) is 5.09. The number of nitrogens with one attached hydrogen (secondary N) is 2. The summed E-state index contributed by atoms with van der Waals surface area (Å²) in [6, 6.07) is 12.9. The molecule has 0 bridgehead atoms. The predicted octanol–water partition coefficient (Wildman–Crippen LogP) is 4.95. The van der Waals surface area contributed by atoms with E-state index in [4.69, 9.17) is 33.2 Å². The molecule has 0 aromatic heterocycles. The van der Waals surface area contributed by atoms with Gasteiger partial charge in [0.1, 0.15) is 11.5 Å². The summed E-state index contributed by atoms with van der Waals surface area (Å²) >= 11 is 0. The molecule has 174 valence electrons. The Morgan fingerprint density at radius 3 is 1.48 bits per heavy atom. The van der Waals surface area contributed by atoms with Crippen molar-refractivity contribution in [3.05, 3.63) is 42.5 Å². The van der Waals surface area contributed by atoms with Gasteiger partial charge in [-0.3, -0.25) is 0 Å². The molecular weight excluding hydrogens is 428 g/mol. The Labute approximate surface area is 192 Å². The minimum atomic E-state index is 0.162. The summed E-state index contributed by atoms with van der Waals surface area (Å²) < 4.78 is 38.3. The molecule has 0 unspecified atom stereocenters. The smallest absolute Gasteiger partial charge is 0.231 e. The summed E-state index contributed by atoms with van der Waals surface area (Å²) in [4.78, 5) is 0. The van der Waals surface area contributed by atoms with Gasteiger partial charge in [0.15, 0.2) is 23.0 Å². The molecule has 0 spiro atoms. The second-order valence-corrected chi connectivity index (χ2v) is 7.02. The van der Waals surface area contributed by atoms with Gasteiger partial charge in [-0.25, -0.2) is 0 Å². The van der Waals surface area contributed by atoms with Gasteiger partial charge in [0.25, 0.3) is 0 Å². The fraction of sp³-hybridized carbons (Fsp3) is 0.250. The van der Waals surface area contributed by atoms with Crippen molar-refractivity contribution in [1.29, 1.82) is 0 Å². The van der Waals surface area contributed by atoms with Crippen LogP contribution in [-0.2, 0) is 0 Å². The highest BCUT2D eigenvalue weighted by Gasteiger charge is 2.20. The van der Waals surface area contributed by atoms with E-state index in [1.54, 1.807) is 41.6 Å². The van der Waals surface area contributed by atoms with Crippen molar-refractivity contribution in [3.63, 3.8) is 0 Å². The summed E-state index contributed by atoms with van der Waals surface area (Å²) in [5.74, 6) is 4.19. The molecule has 1 heterocycles. The minimum absolute atomic E-state index is 0.162. The standard InChI is InChI=1S/C24H26N2O7/c1-27-16-6-14(7-17(10-16)28-2)25-18-11-20-21(33-13-32-20)12-19(18)26-15-8-22(29-3)24(31-5)23(9-15)30-4/h6-12,25-26H,13H2,1-5H3. The van der Waals surface area contributed by atoms with E-state index in [-0.39, 0.29) is 6.79 Å². The molecule has 4 rings (SSSR count). The van der Waals surface area contributed by atoms with Crippen LogP contribution in [0.1, 0.15) is 0 Å². The van der Waals surface area contributed by atoms with Gasteiger partial charge in [0.05, 0.1) is 46.9 Å². The van der Waals surface area contributed by atoms with Gasteiger partial charge in [0, 0.05) is 53.8 Å². The van der Waals surface area contributed by atoms with E-state index in [0.717, 1.165) is 22.7 Å². The monoisotopic (exact) mass is 454 g/mol. The van der Waals surface area contributed by atoms with Gasteiger partial charge in [-0.05, 0) is 0 Å². The lowest BCUT2D eigenvalue weighted by Gasteiger charge is -2.18. The lowest BCUT2D eigenvalue weighted by Crippen LogP contribution is -2.01. The lowest BCUT2D eigenvalue weighted by atomic mass is 10.2. The van der Waals surface area contributed by atoms with Crippen LogP contribution < -0.4 is 43.8 Å². The van der Waals surface area contributed by atoms with E-state index in [0.29, 0.717) is 40.2 Å². The summed E-state index contributed by atoms with van der Waals surface area (Å²) in [5.41, 5.74) is 3.01. The Balaban J connectivity index is 1.74. The number of rotatable bonds is 9. The molecule has 9 heteroatoms. The van der Waals surface area contributed by atoms with Gasteiger partial charge in [-0.2, -0.15) is 0 Å². The number of ether oxygens (including phenoxy) is 7. The Kier molecular flexibility index (Phi) is 6.39. The number of hydrogen-bond donors (Lipinski definition) is 2. The molecule has 3 aromatic rings. The Morgan fingerprint density at radius 1 is 0.576 bits per heavy atom. The maximum Gasteiger partial charge on any atom is 0.231 e. The molecule has 0 saturated carbocycles. The first-order chi connectivity index (χ1) is 16.1. The maximum absolute atomic E-state index is 5.58. The van der Waals surface area contributed by atoms with Crippen LogP contribution in [0, 0.1) is 0 Å². The third-order valence-electron chi connectivity index (χ3n) is 5.09. The van der Waals surface area contributed by atoms with Crippen molar-refractivity contribution >= 4 is 22.7 Å². The van der Waals surface area contributed by atoms with Crippen molar-refractivity contribution in [2.75, 3.05) is 53.0 Å². The highest BCUT2D eigenvalue weighted by atomic mass is 16.7. The molecule has 33 heavy (non-hydrogen) atoms. The van der Waals surface area contributed by atoms with Crippen molar-refractivity contribution in [3.8, 4) is 40.2 Å². The third kappa shape index (κ3) is 4.57. The van der Waals surface area contributed by atoms with Crippen molar-refractivity contribution in [1.82, 2.24) is 0 Å². The van der Waals surface area contributed by atoms with Crippen LogP contribution in [0.4, 0.5) is 22.7 Å². The van der Waals surface area contributed by atoms with Crippen LogP contribution in [0.5, 0.6) is 40.2 Å². The fourth-order valence-electron chi connectivity index (χ4n) is 3.49. The molecular formula is C24H26N2O7. The highest BCUT2D eigenvalue weighted by Crippen LogP contribution is 2.45. The quantitative estimate of drug-likeness (QED) is 0.466. The van der Waals surface area contributed by atoms with Crippen LogP contribution in [0.3, 0.4) is 0 Å². The topological polar surface area (TPSA) is 88.7 Å². The second-order valence-electron chi connectivity index (χ2n) is 7.02. The van der Waals surface area contributed by atoms with E-state index in [2.05, 4.69) is 10.6 Å². The Bertz CT molecular complexity index is 1100.